The van der Waals surface area contributed by atoms with Crippen molar-refractivity contribution in [1.29, 1.82) is 0 Å². The van der Waals surface area contributed by atoms with Crippen LogP contribution in [-0.4, -0.2) is 31.1 Å². The third-order valence-electron chi connectivity index (χ3n) is 3.04. The van der Waals surface area contributed by atoms with Gasteiger partial charge in [0.15, 0.2) is 0 Å². The first-order valence-electron chi connectivity index (χ1n) is 5.47. The molecule has 0 radical (unpaired) electrons. The minimum absolute atomic E-state index is 0.689. The highest BCUT2D eigenvalue weighted by molar-refractivity contribution is 9.10. The minimum Gasteiger partial charge on any atom is -0.329 e. The van der Waals surface area contributed by atoms with Crippen molar-refractivity contribution in [1.82, 2.24) is 4.90 Å². The Hall–Kier alpha value is -0.380. The molecule has 1 aromatic carbocycles. The van der Waals surface area contributed by atoms with E-state index >= 15 is 0 Å². The quantitative estimate of drug-likeness (QED) is 0.911. The lowest BCUT2D eigenvalue weighted by Crippen LogP contribution is -2.26. The average molecular weight is 269 g/mol. The molecule has 0 aliphatic carbocycles. The van der Waals surface area contributed by atoms with Crippen LogP contribution in [0.15, 0.2) is 28.7 Å². The molecule has 0 spiro atoms. The predicted molar refractivity (Wildman–Crippen MR) is 67.0 cm³/mol. The highest BCUT2D eigenvalue weighted by Gasteiger charge is 2.22. The number of hydrogen-bond donors (Lipinski definition) is 1. The van der Waals surface area contributed by atoms with Crippen LogP contribution in [0.2, 0.25) is 0 Å². The summed E-state index contributed by atoms with van der Waals surface area (Å²) in [5.41, 5.74) is 7.02. The first-order chi connectivity index (χ1) is 7.29. The van der Waals surface area contributed by atoms with Crippen LogP contribution in [0.3, 0.4) is 0 Å². The van der Waals surface area contributed by atoms with Crippen LogP contribution in [0, 0.1) is 0 Å². The summed E-state index contributed by atoms with van der Waals surface area (Å²) in [6.45, 7) is 4.15. The molecule has 1 unspecified atom stereocenters. The standard InChI is InChI=1S/C12H17BrN2/c13-12-3-1-2-10(8-12)11-4-6-15(9-11)7-5-14/h1-3,8,11H,4-7,9,14H2. The Kier molecular flexibility index (Phi) is 3.78. The third kappa shape index (κ3) is 2.80. The van der Waals surface area contributed by atoms with E-state index in [4.69, 9.17) is 5.73 Å². The molecule has 2 N–H and O–H groups in total. The smallest absolute Gasteiger partial charge is 0.0178 e. The van der Waals surface area contributed by atoms with E-state index in [0.29, 0.717) is 5.92 Å². The molecule has 2 nitrogen and oxygen atoms in total. The lowest BCUT2D eigenvalue weighted by atomic mass is 9.99. The second-order valence-corrected chi connectivity index (χ2v) is 5.05. The molecule has 1 aliphatic heterocycles. The van der Waals surface area contributed by atoms with Gasteiger partial charge in [0.1, 0.15) is 0 Å². The number of hydrogen-bond acceptors (Lipinski definition) is 2. The fraction of sp³-hybridized carbons (Fsp3) is 0.500. The molecular formula is C12H17BrN2. The van der Waals surface area contributed by atoms with Crippen LogP contribution >= 0.6 is 15.9 Å². The van der Waals surface area contributed by atoms with E-state index in [2.05, 4.69) is 45.1 Å². The van der Waals surface area contributed by atoms with Crippen LogP contribution in [-0.2, 0) is 0 Å². The van der Waals surface area contributed by atoms with Gasteiger partial charge in [0, 0.05) is 24.1 Å². The van der Waals surface area contributed by atoms with Crippen LogP contribution in [0.4, 0.5) is 0 Å². The molecule has 15 heavy (non-hydrogen) atoms. The van der Waals surface area contributed by atoms with Gasteiger partial charge in [0.25, 0.3) is 0 Å². The van der Waals surface area contributed by atoms with Crippen LogP contribution in [0.1, 0.15) is 17.9 Å². The lowest BCUT2D eigenvalue weighted by Gasteiger charge is -2.14. The maximum Gasteiger partial charge on any atom is 0.0178 e. The SMILES string of the molecule is NCCN1CCC(c2cccc(Br)c2)C1. The summed E-state index contributed by atoms with van der Waals surface area (Å²) < 4.78 is 1.18. The van der Waals surface area contributed by atoms with Gasteiger partial charge in [-0.25, -0.2) is 0 Å². The molecule has 1 aliphatic rings. The number of rotatable bonds is 3. The molecule has 0 aromatic heterocycles. The molecule has 3 heteroatoms. The summed E-state index contributed by atoms with van der Waals surface area (Å²) in [7, 11) is 0. The molecule has 2 rings (SSSR count). The van der Waals surface area contributed by atoms with Gasteiger partial charge in [-0.1, -0.05) is 28.1 Å². The Morgan fingerprint density at radius 2 is 2.33 bits per heavy atom. The molecule has 1 aromatic rings. The lowest BCUT2D eigenvalue weighted by molar-refractivity contribution is 0.344. The third-order valence-corrected chi connectivity index (χ3v) is 3.53. The summed E-state index contributed by atoms with van der Waals surface area (Å²) >= 11 is 3.52. The Morgan fingerprint density at radius 3 is 3.07 bits per heavy atom. The van der Waals surface area contributed by atoms with Crippen LogP contribution < -0.4 is 5.73 Å². The van der Waals surface area contributed by atoms with Crippen molar-refractivity contribution in [3.05, 3.63) is 34.3 Å². The first kappa shape index (κ1) is 11.1. The Morgan fingerprint density at radius 1 is 1.47 bits per heavy atom. The molecule has 0 amide bonds. The van der Waals surface area contributed by atoms with E-state index in [1.807, 2.05) is 0 Å². The van der Waals surface area contributed by atoms with Crippen molar-refractivity contribution in [3.8, 4) is 0 Å². The largest absolute Gasteiger partial charge is 0.329 e. The molecule has 1 atom stereocenters. The molecule has 1 fully saturated rings. The fourth-order valence-corrected chi connectivity index (χ4v) is 2.67. The van der Waals surface area contributed by atoms with Crippen LogP contribution in [0.5, 0.6) is 0 Å². The van der Waals surface area contributed by atoms with Crippen LogP contribution in [0.25, 0.3) is 0 Å². The van der Waals surface area contributed by atoms with Gasteiger partial charge in [-0.3, -0.25) is 0 Å². The monoisotopic (exact) mass is 268 g/mol. The fourth-order valence-electron chi connectivity index (χ4n) is 2.25. The maximum absolute atomic E-state index is 5.57. The molecule has 0 saturated carbocycles. The maximum atomic E-state index is 5.57. The van der Waals surface area contributed by atoms with E-state index < -0.39 is 0 Å². The van der Waals surface area contributed by atoms with Gasteiger partial charge in [-0.2, -0.15) is 0 Å². The summed E-state index contributed by atoms with van der Waals surface area (Å²) in [6, 6.07) is 8.65. The van der Waals surface area contributed by atoms with E-state index in [0.717, 1.165) is 19.6 Å². The minimum atomic E-state index is 0.689. The normalized spacial score (nSPS) is 22.1. The summed E-state index contributed by atoms with van der Waals surface area (Å²) in [5.74, 6) is 0.689. The highest BCUT2D eigenvalue weighted by atomic mass is 79.9. The molecule has 82 valence electrons. The zero-order valence-electron chi connectivity index (χ0n) is 8.82. The second kappa shape index (κ2) is 5.10. The molecular weight excluding hydrogens is 252 g/mol. The van der Waals surface area contributed by atoms with Gasteiger partial charge in [-0.05, 0) is 36.6 Å². The molecule has 0 bridgehead atoms. The van der Waals surface area contributed by atoms with E-state index in [1.54, 1.807) is 0 Å². The highest BCUT2D eigenvalue weighted by Crippen LogP contribution is 2.28. The number of likely N-dealkylation sites (tertiary alicyclic amines) is 1. The van der Waals surface area contributed by atoms with E-state index in [9.17, 15) is 0 Å². The number of nitrogens with two attached hydrogens (primary N) is 1. The molecule has 1 saturated heterocycles. The van der Waals surface area contributed by atoms with E-state index in [-0.39, 0.29) is 0 Å². The summed E-state index contributed by atoms with van der Waals surface area (Å²) in [6.07, 6.45) is 1.26. The van der Waals surface area contributed by atoms with Crippen molar-refractivity contribution in [2.45, 2.75) is 12.3 Å². The van der Waals surface area contributed by atoms with Gasteiger partial charge in [0.05, 0.1) is 0 Å². The Balaban J connectivity index is 2.01. The van der Waals surface area contributed by atoms with Crippen molar-refractivity contribution >= 4 is 15.9 Å². The van der Waals surface area contributed by atoms with E-state index in [1.165, 1.54) is 23.0 Å². The average Bonchev–Trinajstić information content (AvgIpc) is 2.67. The zero-order chi connectivity index (χ0) is 10.7. The van der Waals surface area contributed by atoms with Crippen molar-refractivity contribution < 1.29 is 0 Å². The van der Waals surface area contributed by atoms with Gasteiger partial charge in [0.2, 0.25) is 0 Å². The van der Waals surface area contributed by atoms with Gasteiger partial charge < -0.3 is 10.6 Å². The number of nitrogens with zero attached hydrogens (tertiary/aromatic N) is 1. The Labute approximate surface area is 99.6 Å². The Bertz CT molecular complexity index is 327. The zero-order valence-corrected chi connectivity index (χ0v) is 10.4. The number of benzene rings is 1. The van der Waals surface area contributed by atoms with Crippen molar-refractivity contribution in [3.63, 3.8) is 0 Å². The van der Waals surface area contributed by atoms with Gasteiger partial charge >= 0.3 is 0 Å². The summed E-state index contributed by atoms with van der Waals surface area (Å²) in [4.78, 5) is 2.45. The first-order valence-corrected chi connectivity index (χ1v) is 6.27. The topological polar surface area (TPSA) is 29.3 Å². The predicted octanol–water partition coefficient (Wildman–Crippen LogP) is 2.20. The van der Waals surface area contributed by atoms with Crippen molar-refractivity contribution in [2.24, 2.45) is 5.73 Å². The number of halogens is 1. The van der Waals surface area contributed by atoms with Gasteiger partial charge in [-0.15, -0.1) is 0 Å². The summed E-state index contributed by atoms with van der Waals surface area (Å²) in [5, 5.41) is 0. The second-order valence-electron chi connectivity index (χ2n) is 4.13. The molecule has 1 heterocycles. The van der Waals surface area contributed by atoms with Crippen molar-refractivity contribution in [2.75, 3.05) is 26.2 Å².